The Balaban J connectivity index is 1.97. The molecule has 0 saturated carbocycles. The Morgan fingerprint density at radius 2 is 2.12 bits per heavy atom. The van der Waals surface area contributed by atoms with Crippen LogP contribution in [-0.4, -0.2) is 26.7 Å². The number of aliphatic hydroxyl groups is 1. The van der Waals surface area contributed by atoms with E-state index in [-0.39, 0.29) is 12.6 Å². The Morgan fingerprint density at radius 1 is 1.35 bits per heavy atom. The molecule has 0 aliphatic rings. The molecule has 0 aliphatic heterocycles. The largest absolute Gasteiger partial charge is 0.394 e. The second-order valence-electron chi connectivity index (χ2n) is 3.86. The third-order valence-electron chi connectivity index (χ3n) is 2.55. The van der Waals surface area contributed by atoms with Crippen molar-refractivity contribution in [3.05, 3.63) is 47.8 Å². The molecule has 1 heterocycles. The van der Waals surface area contributed by atoms with Crippen LogP contribution in [0.15, 0.2) is 36.5 Å². The first-order valence-electron chi connectivity index (χ1n) is 5.54. The maximum absolute atomic E-state index is 9.33. The summed E-state index contributed by atoms with van der Waals surface area (Å²) in [6.07, 6.45) is 1.67. The Bertz CT molecular complexity index is 455. The van der Waals surface area contributed by atoms with Crippen LogP contribution in [0.1, 0.15) is 17.3 Å². The van der Waals surface area contributed by atoms with Gasteiger partial charge in [0.2, 0.25) is 0 Å². The number of nitrogens with zero attached hydrogens (tertiary/aromatic N) is 3. The second kappa shape index (κ2) is 5.56. The zero-order chi connectivity index (χ0) is 12.1. The number of hydrogen-bond donors (Lipinski definition) is 2. The standard InChI is InChI=1S/C12H16N4O/c1-16-14-8-11(15-16)12(9-17)13-7-10-5-3-2-4-6-10/h2-6,8,12-13,17H,7,9H2,1H3. The van der Waals surface area contributed by atoms with Crippen molar-refractivity contribution in [2.45, 2.75) is 12.6 Å². The van der Waals surface area contributed by atoms with Gasteiger partial charge in [0.25, 0.3) is 0 Å². The van der Waals surface area contributed by atoms with Crippen molar-refractivity contribution in [3.8, 4) is 0 Å². The minimum atomic E-state index is -0.177. The van der Waals surface area contributed by atoms with Crippen molar-refractivity contribution < 1.29 is 5.11 Å². The third-order valence-corrected chi connectivity index (χ3v) is 2.55. The van der Waals surface area contributed by atoms with E-state index in [1.807, 2.05) is 30.3 Å². The molecule has 1 atom stereocenters. The molecule has 2 N–H and O–H groups in total. The van der Waals surface area contributed by atoms with Crippen LogP contribution in [0.5, 0.6) is 0 Å². The first kappa shape index (κ1) is 11.8. The molecule has 0 spiro atoms. The Labute approximate surface area is 100 Å². The molecule has 0 amide bonds. The van der Waals surface area contributed by atoms with Gasteiger partial charge in [0, 0.05) is 13.6 Å². The van der Waals surface area contributed by atoms with Crippen LogP contribution >= 0.6 is 0 Å². The normalized spacial score (nSPS) is 12.6. The Morgan fingerprint density at radius 3 is 2.71 bits per heavy atom. The Kier molecular flexibility index (Phi) is 3.85. The molecule has 0 bridgehead atoms. The van der Waals surface area contributed by atoms with Gasteiger partial charge >= 0.3 is 0 Å². The van der Waals surface area contributed by atoms with Crippen LogP contribution in [-0.2, 0) is 13.6 Å². The van der Waals surface area contributed by atoms with E-state index in [0.717, 1.165) is 5.69 Å². The molecular weight excluding hydrogens is 216 g/mol. The molecular formula is C12H16N4O. The van der Waals surface area contributed by atoms with Crippen LogP contribution < -0.4 is 5.32 Å². The first-order valence-corrected chi connectivity index (χ1v) is 5.54. The zero-order valence-corrected chi connectivity index (χ0v) is 9.74. The lowest BCUT2D eigenvalue weighted by Crippen LogP contribution is -2.24. The number of rotatable bonds is 5. The SMILES string of the molecule is Cn1ncc(C(CO)NCc2ccccc2)n1. The molecule has 0 aliphatic carbocycles. The van der Waals surface area contributed by atoms with Gasteiger partial charge in [-0.2, -0.15) is 15.0 Å². The molecule has 1 unspecified atom stereocenters. The topological polar surface area (TPSA) is 63.0 Å². The highest BCUT2D eigenvalue weighted by molar-refractivity contribution is 5.14. The Hall–Kier alpha value is -1.72. The van der Waals surface area contributed by atoms with Crippen LogP contribution in [0.2, 0.25) is 0 Å². The molecule has 2 rings (SSSR count). The molecule has 0 fully saturated rings. The molecule has 17 heavy (non-hydrogen) atoms. The summed E-state index contributed by atoms with van der Waals surface area (Å²) in [6.45, 7) is 0.703. The summed E-state index contributed by atoms with van der Waals surface area (Å²) in [5.41, 5.74) is 1.93. The quantitative estimate of drug-likeness (QED) is 0.794. The van der Waals surface area contributed by atoms with Crippen molar-refractivity contribution in [1.82, 2.24) is 20.3 Å². The van der Waals surface area contributed by atoms with Crippen LogP contribution in [0.3, 0.4) is 0 Å². The van der Waals surface area contributed by atoms with Gasteiger partial charge in [-0.25, -0.2) is 0 Å². The molecule has 0 saturated heterocycles. The van der Waals surface area contributed by atoms with Gasteiger partial charge in [-0.1, -0.05) is 30.3 Å². The fraction of sp³-hybridized carbons (Fsp3) is 0.333. The number of hydrogen-bond acceptors (Lipinski definition) is 4. The fourth-order valence-electron chi connectivity index (χ4n) is 1.62. The van der Waals surface area contributed by atoms with Crippen molar-refractivity contribution in [2.24, 2.45) is 7.05 Å². The lowest BCUT2D eigenvalue weighted by atomic mass is 10.2. The fourth-order valence-corrected chi connectivity index (χ4v) is 1.62. The number of nitrogens with one attached hydrogen (secondary N) is 1. The van der Waals surface area contributed by atoms with Crippen LogP contribution in [0, 0.1) is 0 Å². The molecule has 0 radical (unpaired) electrons. The molecule has 90 valence electrons. The van der Waals surface area contributed by atoms with Crippen molar-refractivity contribution >= 4 is 0 Å². The molecule has 5 nitrogen and oxygen atoms in total. The zero-order valence-electron chi connectivity index (χ0n) is 9.74. The minimum Gasteiger partial charge on any atom is -0.394 e. The summed E-state index contributed by atoms with van der Waals surface area (Å²) in [4.78, 5) is 1.49. The van der Waals surface area contributed by atoms with Crippen molar-refractivity contribution in [1.29, 1.82) is 0 Å². The lowest BCUT2D eigenvalue weighted by molar-refractivity contribution is 0.240. The summed E-state index contributed by atoms with van der Waals surface area (Å²) in [5.74, 6) is 0. The van der Waals surface area contributed by atoms with Gasteiger partial charge in [-0.05, 0) is 5.56 Å². The summed E-state index contributed by atoms with van der Waals surface area (Å²) in [7, 11) is 1.76. The van der Waals surface area contributed by atoms with Crippen LogP contribution in [0.4, 0.5) is 0 Å². The highest BCUT2D eigenvalue weighted by Gasteiger charge is 2.12. The number of aromatic nitrogens is 3. The monoisotopic (exact) mass is 232 g/mol. The first-order chi connectivity index (χ1) is 8.29. The van der Waals surface area contributed by atoms with E-state index in [2.05, 4.69) is 15.5 Å². The van der Waals surface area contributed by atoms with E-state index in [1.165, 1.54) is 10.4 Å². The smallest absolute Gasteiger partial charge is 0.102 e. The summed E-state index contributed by atoms with van der Waals surface area (Å²) in [6, 6.07) is 9.87. The molecule has 2 aromatic rings. The van der Waals surface area contributed by atoms with E-state index in [9.17, 15) is 5.11 Å². The molecule has 1 aromatic carbocycles. The highest BCUT2D eigenvalue weighted by atomic mass is 16.3. The average molecular weight is 232 g/mol. The van der Waals surface area contributed by atoms with E-state index in [0.29, 0.717) is 6.54 Å². The van der Waals surface area contributed by atoms with Gasteiger partial charge in [-0.3, -0.25) is 0 Å². The predicted molar refractivity (Wildman–Crippen MR) is 64.1 cm³/mol. The van der Waals surface area contributed by atoms with E-state index in [4.69, 9.17) is 0 Å². The number of benzene rings is 1. The van der Waals surface area contributed by atoms with Crippen LogP contribution in [0.25, 0.3) is 0 Å². The molecule has 5 heteroatoms. The summed E-state index contributed by atoms with van der Waals surface area (Å²) < 4.78 is 0. The highest BCUT2D eigenvalue weighted by Crippen LogP contribution is 2.09. The van der Waals surface area contributed by atoms with E-state index in [1.54, 1.807) is 13.2 Å². The van der Waals surface area contributed by atoms with Gasteiger partial charge < -0.3 is 10.4 Å². The lowest BCUT2D eigenvalue weighted by Gasteiger charge is -2.13. The summed E-state index contributed by atoms with van der Waals surface area (Å²) in [5, 5.41) is 20.7. The van der Waals surface area contributed by atoms with E-state index < -0.39 is 0 Å². The van der Waals surface area contributed by atoms with Gasteiger partial charge in [0.05, 0.1) is 18.8 Å². The summed E-state index contributed by atoms with van der Waals surface area (Å²) >= 11 is 0. The minimum absolute atomic E-state index is 0.00548. The maximum atomic E-state index is 9.33. The second-order valence-corrected chi connectivity index (χ2v) is 3.86. The molecule has 1 aromatic heterocycles. The number of aryl methyl sites for hydroxylation is 1. The van der Waals surface area contributed by atoms with Gasteiger partial charge in [0.1, 0.15) is 5.69 Å². The van der Waals surface area contributed by atoms with E-state index >= 15 is 0 Å². The van der Waals surface area contributed by atoms with Gasteiger partial charge in [-0.15, -0.1) is 0 Å². The predicted octanol–water partition coefficient (Wildman–Crippen LogP) is 0.638. The maximum Gasteiger partial charge on any atom is 0.102 e. The third kappa shape index (κ3) is 3.12. The number of aliphatic hydroxyl groups excluding tert-OH is 1. The van der Waals surface area contributed by atoms with Gasteiger partial charge in [0.15, 0.2) is 0 Å². The van der Waals surface area contributed by atoms with Crippen molar-refractivity contribution in [2.75, 3.05) is 6.61 Å². The average Bonchev–Trinajstić information content (AvgIpc) is 2.78. The van der Waals surface area contributed by atoms with Crippen molar-refractivity contribution in [3.63, 3.8) is 0 Å².